The van der Waals surface area contributed by atoms with Crippen LogP contribution in [0.15, 0.2) is 12.2 Å². The van der Waals surface area contributed by atoms with E-state index in [4.69, 9.17) is 4.74 Å². The third-order valence-electron chi connectivity index (χ3n) is 2.33. The lowest BCUT2D eigenvalue weighted by Gasteiger charge is -2.20. The molecule has 1 fully saturated rings. The Labute approximate surface area is 55.7 Å². The molecule has 0 bridgehead atoms. The van der Waals surface area contributed by atoms with Gasteiger partial charge >= 0.3 is 0 Å². The molecular weight excluding hydrogens is 112 g/mol. The van der Waals surface area contributed by atoms with Crippen molar-refractivity contribution in [2.75, 3.05) is 6.61 Å². The summed E-state index contributed by atoms with van der Waals surface area (Å²) in [7, 11) is 0. The van der Waals surface area contributed by atoms with Crippen LogP contribution in [-0.4, -0.2) is 12.2 Å². The number of hydrogen-bond acceptors (Lipinski definition) is 1. The van der Waals surface area contributed by atoms with E-state index in [9.17, 15) is 0 Å². The molecule has 1 heterocycles. The number of rotatable bonds is 0. The van der Waals surface area contributed by atoms with Gasteiger partial charge in [0.25, 0.3) is 0 Å². The standard InChI is InChI=1S/C8H12O/c1-2-5-8(4-1)6-3-7-9-8/h1-2H,3-7H2. The fourth-order valence-corrected chi connectivity index (χ4v) is 1.76. The third kappa shape index (κ3) is 0.799. The highest BCUT2D eigenvalue weighted by Crippen LogP contribution is 2.36. The van der Waals surface area contributed by atoms with Crippen LogP contribution in [0, 0.1) is 0 Å². The summed E-state index contributed by atoms with van der Waals surface area (Å²) in [5, 5.41) is 0. The van der Waals surface area contributed by atoms with Crippen LogP contribution in [0.5, 0.6) is 0 Å². The van der Waals surface area contributed by atoms with E-state index in [2.05, 4.69) is 12.2 Å². The predicted molar refractivity (Wildman–Crippen MR) is 36.3 cm³/mol. The Morgan fingerprint density at radius 1 is 1.22 bits per heavy atom. The SMILES string of the molecule is C1=CCC2(C1)CCCO2. The fourth-order valence-electron chi connectivity index (χ4n) is 1.76. The van der Waals surface area contributed by atoms with Gasteiger partial charge in [0.1, 0.15) is 0 Å². The zero-order valence-electron chi connectivity index (χ0n) is 5.60. The van der Waals surface area contributed by atoms with Gasteiger partial charge in [0, 0.05) is 6.61 Å². The Morgan fingerprint density at radius 3 is 2.56 bits per heavy atom. The molecule has 1 aliphatic heterocycles. The molecule has 1 spiro atoms. The second-order valence-electron chi connectivity index (χ2n) is 3.01. The van der Waals surface area contributed by atoms with Crippen molar-refractivity contribution in [3.05, 3.63) is 12.2 Å². The number of hydrogen-bond donors (Lipinski definition) is 0. The van der Waals surface area contributed by atoms with Crippen molar-refractivity contribution >= 4 is 0 Å². The first-order valence-electron chi connectivity index (χ1n) is 3.70. The summed E-state index contributed by atoms with van der Waals surface area (Å²) in [6, 6.07) is 0. The predicted octanol–water partition coefficient (Wildman–Crippen LogP) is 1.89. The van der Waals surface area contributed by atoms with Gasteiger partial charge in [-0.05, 0) is 25.7 Å². The zero-order valence-corrected chi connectivity index (χ0v) is 5.60. The molecule has 1 nitrogen and oxygen atoms in total. The Balaban J connectivity index is 2.07. The van der Waals surface area contributed by atoms with E-state index in [0.717, 1.165) is 19.4 Å². The smallest absolute Gasteiger partial charge is 0.0751 e. The van der Waals surface area contributed by atoms with Gasteiger partial charge < -0.3 is 4.74 Å². The van der Waals surface area contributed by atoms with Crippen molar-refractivity contribution in [1.82, 2.24) is 0 Å². The maximum atomic E-state index is 5.64. The molecular formula is C8H12O. The summed E-state index contributed by atoms with van der Waals surface area (Å²) >= 11 is 0. The Morgan fingerprint density at radius 2 is 2.00 bits per heavy atom. The molecule has 1 aliphatic carbocycles. The van der Waals surface area contributed by atoms with E-state index in [1.54, 1.807) is 0 Å². The minimum absolute atomic E-state index is 0.278. The van der Waals surface area contributed by atoms with Crippen LogP contribution in [0.1, 0.15) is 25.7 Å². The topological polar surface area (TPSA) is 9.23 Å². The van der Waals surface area contributed by atoms with E-state index in [-0.39, 0.29) is 5.60 Å². The van der Waals surface area contributed by atoms with Gasteiger partial charge in [-0.15, -0.1) is 0 Å². The molecule has 0 amide bonds. The lowest BCUT2D eigenvalue weighted by molar-refractivity contribution is 0.0155. The summed E-state index contributed by atoms with van der Waals surface area (Å²) in [6.07, 6.45) is 9.35. The molecule has 9 heavy (non-hydrogen) atoms. The first-order chi connectivity index (χ1) is 4.41. The van der Waals surface area contributed by atoms with Gasteiger partial charge in [0.2, 0.25) is 0 Å². The van der Waals surface area contributed by atoms with Crippen LogP contribution in [0.4, 0.5) is 0 Å². The fraction of sp³-hybridized carbons (Fsp3) is 0.750. The van der Waals surface area contributed by atoms with Crippen LogP contribution < -0.4 is 0 Å². The maximum absolute atomic E-state index is 5.64. The molecule has 50 valence electrons. The first kappa shape index (κ1) is 5.48. The normalized spacial score (nSPS) is 30.2. The molecule has 0 aromatic rings. The van der Waals surface area contributed by atoms with E-state index >= 15 is 0 Å². The van der Waals surface area contributed by atoms with Gasteiger partial charge in [0.15, 0.2) is 0 Å². The Kier molecular flexibility index (Phi) is 1.12. The lowest BCUT2D eigenvalue weighted by atomic mass is 9.98. The lowest BCUT2D eigenvalue weighted by Crippen LogP contribution is -2.22. The van der Waals surface area contributed by atoms with Crippen LogP contribution >= 0.6 is 0 Å². The quantitative estimate of drug-likeness (QED) is 0.448. The van der Waals surface area contributed by atoms with E-state index in [0.29, 0.717) is 0 Å². The van der Waals surface area contributed by atoms with Crippen LogP contribution in [0.2, 0.25) is 0 Å². The molecule has 0 aromatic heterocycles. The molecule has 1 saturated heterocycles. The Bertz CT molecular complexity index is 122. The van der Waals surface area contributed by atoms with Crippen LogP contribution in [0.3, 0.4) is 0 Å². The van der Waals surface area contributed by atoms with Crippen molar-refractivity contribution in [2.45, 2.75) is 31.3 Å². The van der Waals surface area contributed by atoms with Gasteiger partial charge in [0.05, 0.1) is 5.60 Å². The molecule has 1 heteroatoms. The molecule has 2 aliphatic rings. The van der Waals surface area contributed by atoms with Gasteiger partial charge in [-0.25, -0.2) is 0 Å². The maximum Gasteiger partial charge on any atom is 0.0751 e. The second-order valence-corrected chi connectivity index (χ2v) is 3.01. The van der Waals surface area contributed by atoms with Crippen molar-refractivity contribution in [3.63, 3.8) is 0 Å². The summed E-state index contributed by atoms with van der Waals surface area (Å²) in [5.74, 6) is 0. The molecule has 0 unspecified atom stereocenters. The average molecular weight is 124 g/mol. The minimum Gasteiger partial charge on any atom is -0.374 e. The van der Waals surface area contributed by atoms with Crippen molar-refractivity contribution in [2.24, 2.45) is 0 Å². The van der Waals surface area contributed by atoms with Gasteiger partial charge in [-0.1, -0.05) is 12.2 Å². The van der Waals surface area contributed by atoms with Crippen molar-refractivity contribution < 1.29 is 4.74 Å². The molecule has 0 radical (unpaired) electrons. The summed E-state index contributed by atoms with van der Waals surface area (Å²) in [5.41, 5.74) is 0.278. The molecule has 0 aromatic carbocycles. The third-order valence-corrected chi connectivity index (χ3v) is 2.33. The van der Waals surface area contributed by atoms with E-state index < -0.39 is 0 Å². The van der Waals surface area contributed by atoms with Crippen LogP contribution in [0.25, 0.3) is 0 Å². The zero-order chi connectivity index (χ0) is 6.16. The van der Waals surface area contributed by atoms with Crippen LogP contribution in [-0.2, 0) is 4.74 Å². The van der Waals surface area contributed by atoms with Crippen molar-refractivity contribution in [1.29, 1.82) is 0 Å². The summed E-state index contributed by atoms with van der Waals surface area (Å²) in [4.78, 5) is 0. The summed E-state index contributed by atoms with van der Waals surface area (Å²) in [6.45, 7) is 0.988. The minimum atomic E-state index is 0.278. The van der Waals surface area contributed by atoms with Crippen molar-refractivity contribution in [3.8, 4) is 0 Å². The molecule has 0 atom stereocenters. The highest BCUT2D eigenvalue weighted by Gasteiger charge is 2.34. The van der Waals surface area contributed by atoms with E-state index in [1.165, 1.54) is 12.8 Å². The Hall–Kier alpha value is -0.300. The average Bonchev–Trinajstić information content (AvgIpc) is 2.45. The van der Waals surface area contributed by atoms with Gasteiger partial charge in [-0.3, -0.25) is 0 Å². The second kappa shape index (κ2) is 1.84. The highest BCUT2D eigenvalue weighted by atomic mass is 16.5. The largest absolute Gasteiger partial charge is 0.374 e. The monoisotopic (exact) mass is 124 g/mol. The van der Waals surface area contributed by atoms with E-state index in [1.807, 2.05) is 0 Å². The highest BCUT2D eigenvalue weighted by molar-refractivity contribution is 5.06. The first-order valence-corrected chi connectivity index (χ1v) is 3.70. The number of ether oxygens (including phenoxy) is 1. The molecule has 0 saturated carbocycles. The summed E-state index contributed by atoms with van der Waals surface area (Å²) < 4.78 is 5.64. The molecule has 2 rings (SSSR count). The molecule has 0 N–H and O–H groups in total. The van der Waals surface area contributed by atoms with Gasteiger partial charge in [-0.2, -0.15) is 0 Å².